The molecule has 164 valence electrons. The summed E-state index contributed by atoms with van der Waals surface area (Å²) in [7, 11) is 0. The van der Waals surface area contributed by atoms with Crippen molar-refractivity contribution >= 4 is 0 Å². The second kappa shape index (κ2) is 22.3. The molecule has 0 heterocycles. The summed E-state index contributed by atoms with van der Waals surface area (Å²) in [6, 6.07) is 0. The molecule has 0 radical (unpaired) electrons. The molecule has 0 unspecified atom stereocenters. The molecule has 0 aromatic carbocycles. The molecule has 0 amide bonds. The third-order valence-corrected chi connectivity index (χ3v) is 6.49. The molecule has 0 nitrogen and oxygen atoms in total. The third-order valence-electron chi connectivity index (χ3n) is 6.49. The lowest BCUT2D eigenvalue weighted by Gasteiger charge is -2.12. The Kier molecular flexibility index (Phi) is 22.3. The summed E-state index contributed by atoms with van der Waals surface area (Å²) in [5.41, 5.74) is 0. The summed E-state index contributed by atoms with van der Waals surface area (Å²) in [6.45, 7) is 9.55. The molecular weight excluding hydrogens is 324 g/mol. The van der Waals surface area contributed by atoms with Crippen LogP contribution in [0.2, 0.25) is 0 Å². The molecular formula is C27H56. The van der Waals surface area contributed by atoms with Crippen molar-refractivity contribution in [1.29, 1.82) is 0 Å². The Morgan fingerprint density at radius 3 is 0.963 bits per heavy atom. The quantitative estimate of drug-likeness (QED) is 0.164. The Hall–Kier alpha value is 0. The van der Waals surface area contributed by atoms with Gasteiger partial charge in [0.05, 0.1) is 0 Å². The summed E-state index contributed by atoms with van der Waals surface area (Å²) in [5, 5.41) is 0. The van der Waals surface area contributed by atoms with E-state index < -0.39 is 0 Å². The summed E-state index contributed by atoms with van der Waals surface area (Å²) in [6.07, 6.45) is 30.7. The molecule has 0 aromatic rings. The van der Waals surface area contributed by atoms with Gasteiger partial charge in [0, 0.05) is 0 Å². The Morgan fingerprint density at radius 2 is 0.593 bits per heavy atom. The van der Waals surface area contributed by atoms with Crippen molar-refractivity contribution in [2.45, 2.75) is 163 Å². The first kappa shape index (κ1) is 27.0. The highest BCUT2D eigenvalue weighted by molar-refractivity contribution is 4.58. The highest BCUT2D eigenvalue weighted by Gasteiger charge is 2.04. The van der Waals surface area contributed by atoms with Crippen LogP contribution >= 0.6 is 0 Å². The second-order valence-electron chi connectivity index (χ2n) is 9.67. The van der Waals surface area contributed by atoms with E-state index in [0.717, 1.165) is 11.8 Å². The molecule has 0 aliphatic carbocycles. The first-order valence-electron chi connectivity index (χ1n) is 13.2. The number of unbranched alkanes of at least 4 members (excludes halogenated alkanes) is 14. The van der Waals surface area contributed by atoms with Gasteiger partial charge in [0.1, 0.15) is 0 Å². The second-order valence-corrected chi connectivity index (χ2v) is 9.67. The van der Waals surface area contributed by atoms with Crippen molar-refractivity contribution in [2.75, 3.05) is 0 Å². The van der Waals surface area contributed by atoms with E-state index in [-0.39, 0.29) is 0 Å². The molecule has 2 atom stereocenters. The molecule has 0 rings (SSSR count). The van der Waals surface area contributed by atoms with Crippen LogP contribution in [-0.2, 0) is 0 Å². The van der Waals surface area contributed by atoms with E-state index in [2.05, 4.69) is 27.7 Å². The van der Waals surface area contributed by atoms with Crippen LogP contribution in [0.1, 0.15) is 163 Å². The Bertz CT molecular complexity index is 257. The predicted molar refractivity (Wildman–Crippen MR) is 127 cm³/mol. The van der Waals surface area contributed by atoms with Gasteiger partial charge in [-0.15, -0.1) is 0 Å². The number of hydrogen-bond donors (Lipinski definition) is 0. The SMILES string of the molecule is CCCCCCCCCCCCCC[C@@H](C)CCCCC[C@H](C)CCCC. The van der Waals surface area contributed by atoms with Crippen LogP contribution in [0.25, 0.3) is 0 Å². The predicted octanol–water partition coefficient (Wildman–Crippen LogP) is 10.5. The Balaban J connectivity index is 3.20. The zero-order chi connectivity index (χ0) is 20.0. The molecule has 0 aliphatic heterocycles. The third kappa shape index (κ3) is 22.2. The average molecular weight is 381 g/mol. The summed E-state index contributed by atoms with van der Waals surface area (Å²) in [4.78, 5) is 0. The Labute approximate surface area is 174 Å². The number of hydrogen-bond acceptors (Lipinski definition) is 0. The van der Waals surface area contributed by atoms with E-state index in [9.17, 15) is 0 Å². The maximum absolute atomic E-state index is 2.49. The van der Waals surface area contributed by atoms with Gasteiger partial charge in [-0.25, -0.2) is 0 Å². The van der Waals surface area contributed by atoms with E-state index in [0.29, 0.717) is 0 Å². The van der Waals surface area contributed by atoms with E-state index >= 15 is 0 Å². The highest BCUT2D eigenvalue weighted by atomic mass is 14.1. The summed E-state index contributed by atoms with van der Waals surface area (Å²) >= 11 is 0. The van der Waals surface area contributed by atoms with Gasteiger partial charge in [0.15, 0.2) is 0 Å². The molecule has 0 spiro atoms. The van der Waals surface area contributed by atoms with Gasteiger partial charge in [0.25, 0.3) is 0 Å². The average Bonchev–Trinajstić information content (AvgIpc) is 2.67. The van der Waals surface area contributed by atoms with Crippen LogP contribution in [-0.4, -0.2) is 0 Å². The minimum atomic E-state index is 0.962. The van der Waals surface area contributed by atoms with Crippen LogP contribution < -0.4 is 0 Å². The van der Waals surface area contributed by atoms with Gasteiger partial charge < -0.3 is 0 Å². The van der Waals surface area contributed by atoms with E-state index in [1.807, 2.05) is 0 Å². The maximum Gasteiger partial charge on any atom is -0.0443 e. The lowest BCUT2D eigenvalue weighted by molar-refractivity contribution is 0.411. The van der Waals surface area contributed by atoms with Crippen molar-refractivity contribution in [3.05, 3.63) is 0 Å². The van der Waals surface area contributed by atoms with Crippen molar-refractivity contribution < 1.29 is 0 Å². The minimum absolute atomic E-state index is 0.962. The normalized spacial score (nSPS) is 13.8. The van der Waals surface area contributed by atoms with Crippen LogP contribution in [0.3, 0.4) is 0 Å². The van der Waals surface area contributed by atoms with E-state index in [1.54, 1.807) is 0 Å². The van der Waals surface area contributed by atoms with Gasteiger partial charge in [-0.05, 0) is 11.8 Å². The van der Waals surface area contributed by atoms with Gasteiger partial charge in [-0.3, -0.25) is 0 Å². The van der Waals surface area contributed by atoms with Crippen LogP contribution in [0.15, 0.2) is 0 Å². The van der Waals surface area contributed by atoms with E-state index in [4.69, 9.17) is 0 Å². The van der Waals surface area contributed by atoms with Gasteiger partial charge in [0.2, 0.25) is 0 Å². The molecule has 0 bridgehead atoms. The molecule has 0 aromatic heterocycles. The van der Waals surface area contributed by atoms with Crippen molar-refractivity contribution in [1.82, 2.24) is 0 Å². The molecule has 0 N–H and O–H groups in total. The zero-order valence-corrected chi connectivity index (χ0v) is 20.0. The first-order chi connectivity index (χ1) is 13.2. The monoisotopic (exact) mass is 380 g/mol. The van der Waals surface area contributed by atoms with Crippen molar-refractivity contribution in [3.8, 4) is 0 Å². The number of rotatable bonds is 22. The Morgan fingerprint density at radius 1 is 0.333 bits per heavy atom. The molecule has 0 saturated heterocycles. The lowest BCUT2D eigenvalue weighted by Crippen LogP contribution is -1.97. The zero-order valence-electron chi connectivity index (χ0n) is 20.0. The van der Waals surface area contributed by atoms with Crippen LogP contribution in [0, 0.1) is 11.8 Å². The van der Waals surface area contributed by atoms with Gasteiger partial charge in [-0.1, -0.05) is 163 Å². The maximum atomic E-state index is 2.49. The van der Waals surface area contributed by atoms with Crippen molar-refractivity contribution in [3.63, 3.8) is 0 Å². The van der Waals surface area contributed by atoms with Gasteiger partial charge in [-0.2, -0.15) is 0 Å². The standard InChI is InChI=1S/C27H56/c1-5-7-9-10-11-12-13-14-15-16-17-19-23-27(4)25-21-18-20-24-26(3)22-8-6-2/h26-27H,5-25H2,1-4H3/t26-,27-/m1/s1. The molecule has 0 aliphatic rings. The largest absolute Gasteiger partial charge is 0.0654 e. The topological polar surface area (TPSA) is 0 Å². The van der Waals surface area contributed by atoms with Crippen LogP contribution in [0.5, 0.6) is 0 Å². The minimum Gasteiger partial charge on any atom is -0.0654 e. The summed E-state index contributed by atoms with van der Waals surface area (Å²) in [5.74, 6) is 1.93. The van der Waals surface area contributed by atoms with E-state index in [1.165, 1.54) is 135 Å². The summed E-state index contributed by atoms with van der Waals surface area (Å²) < 4.78 is 0. The lowest BCUT2D eigenvalue weighted by atomic mass is 9.94. The fraction of sp³-hybridized carbons (Fsp3) is 1.00. The molecule has 0 heteroatoms. The smallest absolute Gasteiger partial charge is 0.0443 e. The van der Waals surface area contributed by atoms with Crippen molar-refractivity contribution in [2.24, 2.45) is 11.8 Å². The molecule has 0 fully saturated rings. The van der Waals surface area contributed by atoms with Crippen LogP contribution in [0.4, 0.5) is 0 Å². The van der Waals surface area contributed by atoms with Gasteiger partial charge >= 0.3 is 0 Å². The fourth-order valence-corrected chi connectivity index (χ4v) is 4.34. The highest BCUT2D eigenvalue weighted by Crippen LogP contribution is 2.20. The molecule has 0 saturated carbocycles. The molecule has 27 heavy (non-hydrogen) atoms. The first-order valence-corrected chi connectivity index (χ1v) is 13.2. The fourth-order valence-electron chi connectivity index (χ4n) is 4.34.